The second kappa shape index (κ2) is 6.39. The van der Waals surface area contributed by atoms with E-state index in [1.165, 1.54) is 6.07 Å². The van der Waals surface area contributed by atoms with Crippen molar-refractivity contribution in [3.63, 3.8) is 0 Å². The van der Waals surface area contributed by atoms with Crippen LogP contribution in [0.25, 0.3) is 0 Å². The molecular formula is C15H20FIN2O. The van der Waals surface area contributed by atoms with Gasteiger partial charge >= 0.3 is 0 Å². The minimum atomic E-state index is -0.430. The molecule has 0 bridgehead atoms. The van der Waals surface area contributed by atoms with Crippen LogP contribution in [0.15, 0.2) is 18.2 Å². The number of nitrogens with zero attached hydrogens (tertiary/aromatic N) is 2. The van der Waals surface area contributed by atoms with Gasteiger partial charge in [0.25, 0.3) is 5.91 Å². The van der Waals surface area contributed by atoms with Gasteiger partial charge in [0.1, 0.15) is 5.82 Å². The fourth-order valence-electron chi connectivity index (χ4n) is 2.76. The van der Waals surface area contributed by atoms with Crippen LogP contribution in [0.3, 0.4) is 0 Å². The monoisotopic (exact) mass is 390 g/mol. The molecule has 1 aromatic carbocycles. The van der Waals surface area contributed by atoms with Crippen LogP contribution < -0.4 is 0 Å². The molecule has 1 amide bonds. The zero-order valence-corrected chi connectivity index (χ0v) is 14.2. The topological polar surface area (TPSA) is 23.6 Å². The highest BCUT2D eigenvalue weighted by atomic mass is 127. The van der Waals surface area contributed by atoms with Crippen LogP contribution in [-0.4, -0.2) is 47.4 Å². The summed E-state index contributed by atoms with van der Waals surface area (Å²) in [5, 5.41) is 0. The highest BCUT2D eigenvalue weighted by Crippen LogP contribution is 2.18. The van der Waals surface area contributed by atoms with Crippen molar-refractivity contribution in [1.29, 1.82) is 0 Å². The molecule has 110 valence electrons. The first kappa shape index (κ1) is 15.7. The fraction of sp³-hybridized carbons (Fsp3) is 0.533. The van der Waals surface area contributed by atoms with Gasteiger partial charge in [0.2, 0.25) is 0 Å². The number of piperazine rings is 1. The summed E-state index contributed by atoms with van der Waals surface area (Å²) >= 11 is 2.04. The Morgan fingerprint density at radius 3 is 2.65 bits per heavy atom. The number of rotatable bonds is 2. The van der Waals surface area contributed by atoms with E-state index in [-0.39, 0.29) is 11.5 Å². The molecule has 1 aliphatic heterocycles. The van der Waals surface area contributed by atoms with E-state index >= 15 is 0 Å². The first-order valence-electron chi connectivity index (χ1n) is 6.90. The molecule has 0 radical (unpaired) electrons. The lowest BCUT2D eigenvalue weighted by atomic mass is 10.1. The lowest BCUT2D eigenvalue weighted by Gasteiger charge is -2.42. The van der Waals surface area contributed by atoms with E-state index in [9.17, 15) is 9.18 Å². The van der Waals surface area contributed by atoms with Crippen molar-refractivity contribution in [1.82, 2.24) is 9.80 Å². The zero-order valence-electron chi connectivity index (χ0n) is 12.1. The second-order valence-corrected chi connectivity index (χ2v) is 6.80. The molecule has 1 aromatic rings. The van der Waals surface area contributed by atoms with Gasteiger partial charge in [-0.1, -0.05) is 0 Å². The van der Waals surface area contributed by atoms with E-state index < -0.39 is 5.82 Å². The van der Waals surface area contributed by atoms with Crippen molar-refractivity contribution in [2.24, 2.45) is 0 Å². The average Bonchev–Trinajstić information content (AvgIpc) is 2.37. The molecule has 3 nitrogen and oxygen atoms in total. The highest BCUT2D eigenvalue weighted by Gasteiger charge is 2.29. The van der Waals surface area contributed by atoms with Crippen molar-refractivity contribution in [2.75, 3.05) is 19.6 Å². The highest BCUT2D eigenvalue weighted by molar-refractivity contribution is 14.1. The van der Waals surface area contributed by atoms with E-state index in [1.807, 2.05) is 22.6 Å². The Hall–Kier alpha value is -0.690. The molecule has 1 aliphatic rings. The van der Waals surface area contributed by atoms with Gasteiger partial charge in [-0.25, -0.2) is 4.39 Å². The third-order valence-electron chi connectivity index (χ3n) is 3.79. The Kier molecular flexibility index (Phi) is 5.01. The maximum Gasteiger partial charge on any atom is 0.256 e. The summed E-state index contributed by atoms with van der Waals surface area (Å²) in [6.07, 6.45) is 0. The van der Waals surface area contributed by atoms with Gasteiger partial charge in [-0.05, 0) is 61.6 Å². The van der Waals surface area contributed by atoms with Gasteiger partial charge in [-0.3, -0.25) is 9.69 Å². The van der Waals surface area contributed by atoms with Crippen LogP contribution in [0.1, 0.15) is 31.1 Å². The molecular weight excluding hydrogens is 370 g/mol. The number of carbonyl (C=O) groups is 1. The Morgan fingerprint density at radius 1 is 1.40 bits per heavy atom. The molecule has 0 spiro atoms. The van der Waals surface area contributed by atoms with Gasteiger partial charge in [0.15, 0.2) is 0 Å². The summed E-state index contributed by atoms with van der Waals surface area (Å²) < 4.78 is 14.7. The standard InChI is InChI=1S/C15H20FIN2O/c1-10(2)19-7-6-18(9-11(19)3)15(20)13-5-4-12(17)8-14(13)16/h4-5,8,10-11H,6-7,9H2,1-3H3. The Bertz CT molecular complexity index is 507. The number of benzene rings is 1. The normalized spacial score (nSPS) is 20.5. The van der Waals surface area contributed by atoms with Crippen LogP contribution in [0.4, 0.5) is 4.39 Å². The molecule has 1 atom stereocenters. The van der Waals surface area contributed by atoms with E-state index in [2.05, 4.69) is 25.7 Å². The van der Waals surface area contributed by atoms with E-state index in [1.54, 1.807) is 17.0 Å². The van der Waals surface area contributed by atoms with Crippen molar-refractivity contribution >= 4 is 28.5 Å². The quantitative estimate of drug-likeness (QED) is 0.725. The number of halogens is 2. The molecule has 1 unspecified atom stereocenters. The molecule has 0 aromatic heterocycles. The molecule has 1 fully saturated rings. The lowest BCUT2D eigenvalue weighted by Crippen LogP contribution is -2.55. The number of hydrogen-bond acceptors (Lipinski definition) is 2. The average molecular weight is 390 g/mol. The lowest BCUT2D eigenvalue weighted by molar-refractivity contribution is 0.0422. The second-order valence-electron chi connectivity index (χ2n) is 5.56. The van der Waals surface area contributed by atoms with Gasteiger partial charge in [-0.15, -0.1) is 0 Å². The van der Waals surface area contributed by atoms with Crippen LogP contribution >= 0.6 is 22.6 Å². The third-order valence-corrected chi connectivity index (χ3v) is 4.46. The summed E-state index contributed by atoms with van der Waals surface area (Å²) in [6, 6.07) is 5.53. The van der Waals surface area contributed by atoms with Crippen molar-refractivity contribution in [3.8, 4) is 0 Å². The molecule has 1 saturated heterocycles. The molecule has 0 saturated carbocycles. The summed E-state index contributed by atoms with van der Waals surface area (Å²) in [5.74, 6) is -0.630. The van der Waals surface area contributed by atoms with Crippen LogP contribution in [0.2, 0.25) is 0 Å². The van der Waals surface area contributed by atoms with Crippen LogP contribution in [-0.2, 0) is 0 Å². The molecule has 5 heteroatoms. The zero-order chi connectivity index (χ0) is 14.9. The predicted octanol–water partition coefficient (Wildman–Crippen LogP) is 2.99. The maximum atomic E-state index is 13.9. The summed E-state index contributed by atoms with van der Waals surface area (Å²) in [4.78, 5) is 16.5. The fourth-order valence-corrected chi connectivity index (χ4v) is 3.21. The van der Waals surface area contributed by atoms with Gasteiger partial charge in [0, 0.05) is 35.3 Å². The summed E-state index contributed by atoms with van der Waals surface area (Å²) in [5.41, 5.74) is 0.176. The van der Waals surface area contributed by atoms with Crippen molar-refractivity contribution < 1.29 is 9.18 Å². The number of amides is 1. The molecule has 0 N–H and O–H groups in total. The SMILES string of the molecule is CC(C)N1CCN(C(=O)c2ccc(I)cc2F)CC1C. The van der Waals surface area contributed by atoms with E-state index in [4.69, 9.17) is 0 Å². The third kappa shape index (κ3) is 3.31. The Morgan fingerprint density at radius 2 is 2.10 bits per heavy atom. The van der Waals surface area contributed by atoms with E-state index in [0.29, 0.717) is 25.2 Å². The largest absolute Gasteiger partial charge is 0.336 e. The summed E-state index contributed by atoms with van der Waals surface area (Å²) in [7, 11) is 0. The molecule has 1 heterocycles. The molecule has 0 aliphatic carbocycles. The predicted molar refractivity (Wildman–Crippen MR) is 86.3 cm³/mol. The smallest absolute Gasteiger partial charge is 0.256 e. The number of hydrogen-bond donors (Lipinski definition) is 0. The van der Waals surface area contributed by atoms with Crippen molar-refractivity contribution in [3.05, 3.63) is 33.1 Å². The van der Waals surface area contributed by atoms with Crippen molar-refractivity contribution in [2.45, 2.75) is 32.9 Å². The van der Waals surface area contributed by atoms with E-state index in [0.717, 1.165) is 10.1 Å². The Balaban J connectivity index is 2.11. The van der Waals surface area contributed by atoms with Gasteiger partial charge < -0.3 is 4.90 Å². The minimum absolute atomic E-state index is 0.176. The first-order chi connectivity index (χ1) is 9.40. The maximum absolute atomic E-state index is 13.9. The first-order valence-corrected chi connectivity index (χ1v) is 7.98. The minimum Gasteiger partial charge on any atom is -0.336 e. The number of carbonyl (C=O) groups excluding carboxylic acids is 1. The molecule has 2 rings (SSSR count). The van der Waals surface area contributed by atoms with Crippen LogP contribution in [0.5, 0.6) is 0 Å². The summed E-state index contributed by atoms with van der Waals surface area (Å²) in [6.45, 7) is 8.59. The van der Waals surface area contributed by atoms with Gasteiger partial charge in [-0.2, -0.15) is 0 Å². The van der Waals surface area contributed by atoms with Crippen LogP contribution in [0, 0.1) is 9.39 Å². The Labute approximate surface area is 133 Å². The molecule has 20 heavy (non-hydrogen) atoms. The van der Waals surface area contributed by atoms with Gasteiger partial charge in [0.05, 0.1) is 5.56 Å².